The Hall–Kier alpha value is -1.82. The molecule has 1 rings (SSSR count). The van der Waals surface area contributed by atoms with Crippen LogP contribution >= 0.6 is 11.6 Å². The molecule has 0 aliphatic carbocycles. The van der Waals surface area contributed by atoms with Crippen LogP contribution in [0, 0.1) is 5.82 Å². The van der Waals surface area contributed by atoms with Crippen LogP contribution in [-0.2, 0) is 0 Å². The summed E-state index contributed by atoms with van der Waals surface area (Å²) in [6, 6.07) is 3.27. The molecule has 4 N–H and O–H groups in total. The zero-order chi connectivity index (χ0) is 12.3. The molecule has 0 unspecified atom stereocenters. The first-order valence-corrected chi connectivity index (χ1v) is 4.62. The van der Waals surface area contributed by atoms with E-state index >= 15 is 0 Å². The average Bonchev–Trinajstić information content (AvgIpc) is 2.16. The van der Waals surface area contributed by atoms with Crippen molar-refractivity contribution in [3.63, 3.8) is 0 Å². The first-order valence-electron chi connectivity index (χ1n) is 4.25. The molecule has 0 aliphatic rings. The van der Waals surface area contributed by atoms with Gasteiger partial charge in [0.2, 0.25) is 0 Å². The van der Waals surface area contributed by atoms with E-state index in [4.69, 9.17) is 23.1 Å². The molecule has 0 bridgehead atoms. The molecule has 1 aromatic carbocycles. The molecular formula is C9H10ClFN4O. The van der Waals surface area contributed by atoms with Gasteiger partial charge in [0.25, 0.3) is 0 Å². The molecule has 16 heavy (non-hydrogen) atoms. The van der Waals surface area contributed by atoms with Crippen molar-refractivity contribution in [3.8, 4) is 0 Å². The number of rotatable bonds is 1. The quantitative estimate of drug-likeness (QED) is 0.577. The summed E-state index contributed by atoms with van der Waals surface area (Å²) >= 11 is 5.76. The van der Waals surface area contributed by atoms with Crippen molar-refractivity contribution >= 4 is 29.3 Å². The molecule has 0 radical (unpaired) electrons. The van der Waals surface area contributed by atoms with Crippen LogP contribution in [-0.4, -0.2) is 19.0 Å². The lowest BCUT2D eigenvalue weighted by molar-refractivity contribution is 0.255. The summed E-state index contributed by atoms with van der Waals surface area (Å²) < 4.78 is 13.4. The zero-order valence-electron chi connectivity index (χ0n) is 8.45. The van der Waals surface area contributed by atoms with Crippen molar-refractivity contribution < 1.29 is 9.18 Å². The maximum absolute atomic E-state index is 13.4. The largest absolute Gasteiger partial charge is 0.370 e. The fourth-order valence-electron chi connectivity index (χ4n) is 1.09. The lowest BCUT2D eigenvalue weighted by Crippen LogP contribution is -2.30. The van der Waals surface area contributed by atoms with E-state index in [-0.39, 0.29) is 10.7 Å². The number of guanidine groups is 1. The fourth-order valence-corrected chi connectivity index (χ4v) is 1.38. The molecule has 0 spiro atoms. The predicted molar refractivity (Wildman–Crippen MR) is 61.0 cm³/mol. The minimum atomic E-state index is -0.799. The Bertz CT molecular complexity index is 425. The summed E-state index contributed by atoms with van der Waals surface area (Å²) in [7, 11) is 1.32. The van der Waals surface area contributed by atoms with E-state index in [1.165, 1.54) is 25.2 Å². The van der Waals surface area contributed by atoms with Gasteiger partial charge in [0.05, 0.1) is 10.7 Å². The van der Waals surface area contributed by atoms with Gasteiger partial charge in [0.15, 0.2) is 5.96 Å². The fraction of sp³-hybridized carbons (Fsp3) is 0.111. The first-order chi connectivity index (χ1) is 7.43. The highest BCUT2D eigenvalue weighted by atomic mass is 35.5. The average molecular weight is 245 g/mol. The Morgan fingerprint density at radius 1 is 1.50 bits per heavy atom. The Balaban J connectivity index is 3.10. The van der Waals surface area contributed by atoms with Gasteiger partial charge in [0.1, 0.15) is 5.82 Å². The third kappa shape index (κ3) is 2.60. The van der Waals surface area contributed by atoms with E-state index in [0.29, 0.717) is 0 Å². The summed E-state index contributed by atoms with van der Waals surface area (Å²) in [5.74, 6) is -1.03. The van der Waals surface area contributed by atoms with Crippen LogP contribution in [0.15, 0.2) is 23.2 Å². The minimum Gasteiger partial charge on any atom is -0.370 e. The van der Waals surface area contributed by atoms with E-state index in [1.807, 2.05) is 0 Å². The number of carbonyl (C=O) groups is 1. The standard InChI is InChI=1S/C9H10ClFN4O/c1-15(9(16)14-8(12)13)7-5(10)3-2-4-6(7)11/h2-4H,1H3,(H4,12,13,14,16). The van der Waals surface area contributed by atoms with Gasteiger partial charge in [-0.3, -0.25) is 4.90 Å². The van der Waals surface area contributed by atoms with Crippen LogP contribution in [0.3, 0.4) is 0 Å². The van der Waals surface area contributed by atoms with Crippen LogP contribution in [0.5, 0.6) is 0 Å². The molecule has 0 aromatic heterocycles. The minimum absolute atomic E-state index is 0.0702. The van der Waals surface area contributed by atoms with Crippen molar-refractivity contribution in [2.75, 3.05) is 11.9 Å². The van der Waals surface area contributed by atoms with Crippen molar-refractivity contribution in [1.29, 1.82) is 0 Å². The van der Waals surface area contributed by atoms with E-state index in [2.05, 4.69) is 4.99 Å². The maximum atomic E-state index is 13.4. The lowest BCUT2D eigenvalue weighted by Gasteiger charge is -2.16. The van der Waals surface area contributed by atoms with Crippen LogP contribution in [0.2, 0.25) is 5.02 Å². The summed E-state index contributed by atoms with van der Waals surface area (Å²) in [4.78, 5) is 15.6. The molecule has 0 heterocycles. The number of urea groups is 1. The normalized spacial score (nSPS) is 9.69. The number of nitrogens with zero attached hydrogens (tertiary/aromatic N) is 2. The van der Waals surface area contributed by atoms with Crippen LogP contribution in [0.25, 0.3) is 0 Å². The molecule has 0 aliphatic heterocycles. The first kappa shape index (κ1) is 12.3. The van der Waals surface area contributed by atoms with Crippen molar-refractivity contribution in [2.45, 2.75) is 0 Å². The number of aliphatic imine (C=N–C) groups is 1. The maximum Gasteiger partial charge on any atom is 0.351 e. The number of halogens is 2. The lowest BCUT2D eigenvalue weighted by atomic mass is 10.3. The molecular weight excluding hydrogens is 235 g/mol. The van der Waals surface area contributed by atoms with E-state index < -0.39 is 17.8 Å². The molecule has 0 atom stereocenters. The Morgan fingerprint density at radius 3 is 2.62 bits per heavy atom. The van der Waals surface area contributed by atoms with E-state index in [9.17, 15) is 9.18 Å². The third-order valence-electron chi connectivity index (χ3n) is 1.78. The van der Waals surface area contributed by atoms with Gasteiger partial charge in [-0.25, -0.2) is 9.18 Å². The van der Waals surface area contributed by atoms with Crippen molar-refractivity contribution in [2.24, 2.45) is 16.5 Å². The van der Waals surface area contributed by atoms with Gasteiger partial charge >= 0.3 is 6.03 Å². The summed E-state index contributed by atoms with van der Waals surface area (Å²) in [5, 5.41) is 0.0987. The van der Waals surface area contributed by atoms with Crippen molar-refractivity contribution in [1.82, 2.24) is 0 Å². The zero-order valence-corrected chi connectivity index (χ0v) is 9.20. The molecule has 86 valence electrons. The number of amides is 2. The van der Waals surface area contributed by atoms with Gasteiger partial charge in [-0.05, 0) is 12.1 Å². The van der Waals surface area contributed by atoms with Gasteiger partial charge in [-0.2, -0.15) is 4.99 Å². The van der Waals surface area contributed by atoms with Gasteiger partial charge < -0.3 is 11.5 Å². The second kappa shape index (κ2) is 4.80. The summed E-state index contributed by atoms with van der Waals surface area (Å²) in [5.41, 5.74) is 10.0. The van der Waals surface area contributed by atoms with Gasteiger partial charge in [0, 0.05) is 7.05 Å². The Labute approximate surface area is 96.5 Å². The molecule has 0 saturated carbocycles. The van der Waals surface area contributed by atoms with Crippen molar-refractivity contribution in [3.05, 3.63) is 29.0 Å². The van der Waals surface area contributed by atoms with E-state index in [0.717, 1.165) is 4.90 Å². The summed E-state index contributed by atoms with van der Waals surface area (Å²) in [6.07, 6.45) is 0. The molecule has 0 saturated heterocycles. The molecule has 5 nitrogen and oxygen atoms in total. The summed E-state index contributed by atoms with van der Waals surface area (Å²) in [6.45, 7) is 0. The highest BCUT2D eigenvalue weighted by Gasteiger charge is 2.17. The number of nitrogens with two attached hydrogens (primary N) is 2. The number of carbonyl (C=O) groups excluding carboxylic acids is 1. The molecule has 2 amide bonds. The number of anilines is 1. The number of hydrogen-bond acceptors (Lipinski definition) is 1. The molecule has 7 heteroatoms. The monoisotopic (exact) mass is 244 g/mol. The molecule has 1 aromatic rings. The SMILES string of the molecule is CN(C(=O)N=C(N)N)c1c(F)cccc1Cl. The topological polar surface area (TPSA) is 84.7 Å². The van der Waals surface area contributed by atoms with Crippen LogP contribution < -0.4 is 16.4 Å². The van der Waals surface area contributed by atoms with Gasteiger partial charge in [-0.1, -0.05) is 17.7 Å². The second-order valence-electron chi connectivity index (χ2n) is 2.95. The third-order valence-corrected chi connectivity index (χ3v) is 2.09. The highest BCUT2D eigenvalue weighted by Crippen LogP contribution is 2.28. The van der Waals surface area contributed by atoms with Crippen LogP contribution in [0.1, 0.15) is 0 Å². The second-order valence-corrected chi connectivity index (χ2v) is 3.36. The number of para-hydroxylation sites is 1. The predicted octanol–water partition coefficient (Wildman–Crippen LogP) is 1.31. The Kier molecular flexibility index (Phi) is 3.68. The number of hydrogen-bond donors (Lipinski definition) is 2. The Morgan fingerprint density at radius 2 is 2.12 bits per heavy atom. The number of benzene rings is 1. The molecule has 0 fully saturated rings. The van der Waals surface area contributed by atoms with Gasteiger partial charge in [-0.15, -0.1) is 0 Å². The van der Waals surface area contributed by atoms with Crippen LogP contribution in [0.4, 0.5) is 14.9 Å². The highest BCUT2D eigenvalue weighted by molar-refractivity contribution is 6.33. The van der Waals surface area contributed by atoms with E-state index in [1.54, 1.807) is 0 Å². The smallest absolute Gasteiger partial charge is 0.351 e.